The largest absolute Gasteiger partial charge is 0.379 e. The molecule has 2 amide bonds. The molecule has 0 unspecified atom stereocenters. The number of morpholine rings is 1. The van der Waals surface area contributed by atoms with Crippen LogP contribution in [0.5, 0.6) is 0 Å². The molecule has 0 radical (unpaired) electrons. The van der Waals surface area contributed by atoms with Crippen LogP contribution in [-0.4, -0.2) is 56.1 Å². The molecule has 1 fully saturated rings. The minimum absolute atomic E-state index is 0.476. The normalized spacial score (nSPS) is 14.4. The molecule has 0 saturated carbocycles. The molecule has 0 spiro atoms. The van der Waals surface area contributed by atoms with E-state index in [2.05, 4.69) is 15.5 Å². The lowest BCUT2D eigenvalue weighted by molar-refractivity contribution is -0.136. The van der Waals surface area contributed by atoms with Gasteiger partial charge in [0.1, 0.15) is 0 Å². The Morgan fingerprint density at radius 3 is 2.46 bits per heavy atom. The van der Waals surface area contributed by atoms with Gasteiger partial charge in [-0.2, -0.15) is 0 Å². The van der Waals surface area contributed by atoms with Crippen LogP contribution in [0.2, 0.25) is 0 Å². The third-order valence-electron chi connectivity index (χ3n) is 4.35. The number of hydrogen-bond donors (Lipinski definition) is 2. The summed E-state index contributed by atoms with van der Waals surface area (Å²) >= 11 is 1.54. The third kappa shape index (κ3) is 6.37. The zero-order valence-corrected chi connectivity index (χ0v) is 16.5. The molecule has 1 heterocycles. The average molecular weight is 400 g/mol. The van der Waals surface area contributed by atoms with Gasteiger partial charge in [-0.05, 0) is 37.2 Å². The second-order valence-corrected chi connectivity index (χ2v) is 7.54. The number of carbonyl (C=O) groups excluding carboxylic acids is 2. The van der Waals surface area contributed by atoms with Gasteiger partial charge >= 0.3 is 11.8 Å². The highest BCUT2D eigenvalue weighted by atomic mass is 32.2. The van der Waals surface area contributed by atoms with Crippen LogP contribution in [0.3, 0.4) is 0 Å². The maximum absolute atomic E-state index is 12.3. The molecular formula is C21H25N3O3S. The summed E-state index contributed by atoms with van der Waals surface area (Å²) in [6.07, 6.45) is 0.805. The maximum Gasteiger partial charge on any atom is 0.313 e. The first kappa shape index (κ1) is 20.4. The van der Waals surface area contributed by atoms with Gasteiger partial charge in [-0.15, -0.1) is 0 Å². The number of anilines is 1. The quantitative estimate of drug-likeness (QED) is 0.553. The number of hydrogen-bond acceptors (Lipinski definition) is 5. The van der Waals surface area contributed by atoms with Gasteiger partial charge in [0.05, 0.1) is 18.9 Å². The zero-order chi connectivity index (χ0) is 19.6. The molecule has 148 valence electrons. The second kappa shape index (κ2) is 10.8. The van der Waals surface area contributed by atoms with E-state index < -0.39 is 11.8 Å². The minimum Gasteiger partial charge on any atom is -0.379 e. The topological polar surface area (TPSA) is 70.7 Å². The fourth-order valence-electron chi connectivity index (χ4n) is 2.86. The number of rotatable bonds is 7. The van der Waals surface area contributed by atoms with Crippen LogP contribution in [0.4, 0.5) is 5.69 Å². The van der Waals surface area contributed by atoms with Gasteiger partial charge < -0.3 is 15.4 Å². The first-order chi connectivity index (χ1) is 13.7. The molecular weight excluding hydrogens is 374 g/mol. The number of amides is 2. The molecule has 1 aliphatic rings. The highest BCUT2D eigenvalue weighted by molar-refractivity contribution is 7.99. The Hall–Kier alpha value is -2.35. The summed E-state index contributed by atoms with van der Waals surface area (Å²) in [6.45, 7) is 4.73. The van der Waals surface area contributed by atoms with E-state index >= 15 is 0 Å². The summed E-state index contributed by atoms with van der Waals surface area (Å²) in [4.78, 5) is 28.6. The first-order valence-corrected chi connectivity index (χ1v) is 10.3. The van der Waals surface area contributed by atoms with Crippen molar-refractivity contribution in [2.24, 2.45) is 0 Å². The van der Waals surface area contributed by atoms with E-state index in [-0.39, 0.29) is 0 Å². The smallest absolute Gasteiger partial charge is 0.313 e. The van der Waals surface area contributed by atoms with E-state index in [1.165, 1.54) is 0 Å². The van der Waals surface area contributed by atoms with Crippen molar-refractivity contribution < 1.29 is 14.3 Å². The second-order valence-electron chi connectivity index (χ2n) is 6.43. The molecule has 28 heavy (non-hydrogen) atoms. The van der Waals surface area contributed by atoms with E-state index in [0.29, 0.717) is 12.2 Å². The predicted octanol–water partition coefficient (Wildman–Crippen LogP) is 2.61. The Labute approximate surface area is 169 Å². The standard InChI is InChI=1S/C21H25N3O3S/c25-20(22-11-6-12-24-13-15-27-16-14-24)21(26)23-18-9-4-5-10-19(18)28-17-7-2-1-3-8-17/h1-5,7-10H,6,11-16H2,(H,22,25)(H,23,26). The Morgan fingerprint density at radius 2 is 1.68 bits per heavy atom. The Bertz CT molecular complexity index is 779. The van der Waals surface area contributed by atoms with Crippen LogP contribution in [0, 0.1) is 0 Å². The number of nitrogens with zero attached hydrogens (tertiary/aromatic N) is 1. The molecule has 0 atom stereocenters. The highest BCUT2D eigenvalue weighted by Gasteiger charge is 2.16. The Morgan fingerprint density at radius 1 is 0.964 bits per heavy atom. The van der Waals surface area contributed by atoms with Crippen molar-refractivity contribution in [1.29, 1.82) is 0 Å². The lowest BCUT2D eigenvalue weighted by atomic mass is 10.3. The highest BCUT2D eigenvalue weighted by Crippen LogP contribution is 2.33. The lowest BCUT2D eigenvalue weighted by Crippen LogP contribution is -2.39. The van der Waals surface area contributed by atoms with Crippen molar-refractivity contribution >= 4 is 29.3 Å². The van der Waals surface area contributed by atoms with Crippen molar-refractivity contribution in [3.05, 3.63) is 54.6 Å². The zero-order valence-electron chi connectivity index (χ0n) is 15.7. The number of nitrogens with one attached hydrogen (secondary N) is 2. The Balaban J connectivity index is 1.46. The van der Waals surface area contributed by atoms with Crippen molar-refractivity contribution in [2.45, 2.75) is 16.2 Å². The van der Waals surface area contributed by atoms with Gasteiger partial charge in [0, 0.05) is 29.4 Å². The Kier molecular flexibility index (Phi) is 7.90. The molecule has 1 saturated heterocycles. The lowest BCUT2D eigenvalue weighted by Gasteiger charge is -2.26. The summed E-state index contributed by atoms with van der Waals surface area (Å²) < 4.78 is 5.31. The SMILES string of the molecule is O=C(NCCCN1CCOCC1)C(=O)Nc1ccccc1Sc1ccccc1. The fourth-order valence-corrected chi connectivity index (χ4v) is 3.79. The van der Waals surface area contributed by atoms with Gasteiger partial charge in [0.15, 0.2) is 0 Å². The van der Waals surface area contributed by atoms with E-state index in [1.54, 1.807) is 17.8 Å². The van der Waals surface area contributed by atoms with E-state index in [0.717, 1.165) is 49.1 Å². The summed E-state index contributed by atoms with van der Waals surface area (Å²) in [7, 11) is 0. The number of ether oxygens (including phenoxy) is 1. The number of carbonyl (C=O) groups is 2. The third-order valence-corrected chi connectivity index (χ3v) is 5.44. The van der Waals surface area contributed by atoms with Gasteiger partial charge in [0.2, 0.25) is 0 Å². The van der Waals surface area contributed by atoms with Crippen LogP contribution in [0.15, 0.2) is 64.4 Å². The van der Waals surface area contributed by atoms with Crippen LogP contribution in [0.1, 0.15) is 6.42 Å². The molecule has 2 aromatic carbocycles. The molecule has 6 nitrogen and oxygen atoms in total. The van der Waals surface area contributed by atoms with Crippen molar-refractivity contribution in [2.75, 3.05) is 44.7 Å². The minimum atomic E-state index is -0.646. The van der Waals surface area contributed by atoms with Crippen LogP contribution < -0.4 is 10.6 Å². The molecule has 7 heteroatoms. The average Bonchev–Trinajstić information content (AvgIpc) is 2.74. The van der Waals surface area contributed by atoms with Gasteiger partial charge in [-0.25, -0.2) is 0 Å². The number of para-hydroxylation sites is 1. The van der Waals surface area contributed by atoms with Gasteiger partial charge in [-0.1, -0.05) is 42.1 Å². The molecule has 2 N–H and O–H groups in total. The van der Waals surface area contributed by atoms with Gasteiger partial charge in [0.25, 0.3) is 0 Å². The maximum atomic E-state index is 12.3. The first-order valence-electron chi connectivity index (χ1n) is 9.43. The van der Waals surface area contributed by atoms with E-state index in [4.69, 9.17) is 4.74 Å². The molecule has 0 bridgehead atoms. The van der Waals surface area contributed by atoms with Gasteiger partial charge in [-0.3, -0.25) is 14.5 Å². The fraction of sp³-hybridized carbons (Fsp3) is 0.333. The number of benzene rings is 2. The molecule has 1 aliphatic heterocycles. The van der Waals surface area contributed by atoms with Crippen molar-refractivity contribution in [3.8, 4) is 0 Å². The summed E-state index contributed by atoms with van der Waals surface area (Å²) in [5, 5.41) is 5.42. The van der Waals surface area contributed by atoms with Crippen LogP contribution >= 0.6 is 11.8 Å². The predicted molar refractivity (Wildman–Crippen MR) is 111 cm³/mol. The molecule has 0 aliphatic carbocycles. The molecule has 2 aromatic rings. The molecule has 0 aromatic heterocycles. The van der Waals surface area contributed by atoms with Crippen molar-refractivity contribution in [1.82, 2.24) is 10.2 Å². The summed E-state index contributed by atoms with van der Waals surface area (Å²) in [6, 6.07) is 17.4. The van der Waals surface area contributed by atoms with Crippen molar-refractivity contribution in [3.63, 3.8) is 0 Å². The van der Waals surface area contributed by atoms with Crippen LogP contribution in [0.25, 0.3) is 0 Å². The van der Waals surface area contributed by atoms with E-state index in [1.807, 2.05) is 48.5 Å². The molecule has 3 rings (SSSR count). The summed E-state index contributed by atoms with van der Waals surface area (Å²) in [5.41, 5.74) is 0.629. The van der Waals surface area contributed by atoms with Crippen LogP contribution in [-0.2, 0) is 14.3 Å². The monoisotopic (exact) mass is 399 g/mol. The van der Waals surface area contributed by atoms with E-state index in [9.17, 15) is 9.59 Å². The summed E-state index contributed by atoms with van der Waals surface area (Å²) in [5.74, 6) is -1.26.